The van der Waals surface area contributed by atoms with Gasteiger partial charge >= 0.3 is 0 Å². The normalized spacial score (nSPS) is 13.1. The quantitative estimate of drug-likeness (QED) is 0.693. The second-order valence-electron chi connectivity index (χ2n) is 4.23. The molecule has 0 bridgehead atoms. The first-order valence-corrected chi connectivity index (χ1v) is 8.07. The molecular formula is C14H12BrNS2. The van der Waals surface area contributed by atoms with Crippen LogP contribution >= 0.6 is 38.6 Å². The first-order valence-electron chi connectivity index (χ1n) is 5.65. The second kappa shape index (κ2) is 4.78. The molecular weight excluding hydrogens is 326 g/mol. The molecule has 0 aliphatic heterocycles. The Kier molecular flexibility index (Phi) is 3.28. The predicted molar refractivity (Wildman–Crippen MR) is 84.6 cm³/mol. The van der Waals surface area contributed by atoms with E-state index in [9.17, 15) is 0 Å². The number of benzene rings is 1. The summed E-state index contributed by atoms with van der Waals surface area (Å²) in [6, 6.07) is 12.7. The molecule has 0 amide bonds. The van der Waals surface area contributed by atoms with E-state index in [1.807, 2.05) is 0 Å². The number of fused-ring (bicyclic) bond motifs is 1. The van der Waals surface area contributed by atoms with E-state index in [0.29, 0.717) is 0 Å². The zero-order valence-corrected chi connectivity index (χ0v) is 13.0. The van der Waals surface area contributed by atoms with Crippen LogP contribution < -0.4 is 5.73 Å². The molecule has 3 aromatic rings. The van der Waals surface area contributed by atoms with Crippen LogP contribution in [0.3, 0.4) is 0 Å². The van der Waals surface area contributed by atoms with Crippen LogP contribution in [0.4, 0.5) is 0 Å². The average Bonchev–Trinajstić information content (AvgIpc) is 2.91. The van der Waals surface area contributed by atoms with Crippen molar-refractivity contribution >= 4 is 48.7 Å². The van der Waals surface area contributed by atoms with E-state index < -0.39 is 0 Å². The van der Waals surface area contributed by atoms with E-state index in [1.165, 1.54) is 25.4 Å². The highest BCUT2D eigenvalue weighted by atomic mass is 79.9. The Bertz CT molecular complexity index is 666. The van der Waals surface area contributed by atoms with Gasteiger partial charge in [-0.25, -0.2) is 0 Å². The lowest BCUT2D eigenvalue weighted by atomic mass is 10.1. The van der Waals surface area contributed by atoms with Gasteiger partial charge in [-0.1, -0.05) is 18.2 Å². The van der Waals surface area contributed by atoms with Crippen LogP contribution in [0.1, 0.15) is 21.4 Å². The third kappa shape index (κ3) is 2.14. The summed E-state index contributed by atoms with van der Waals surface area (Å²) >= 11 is 7.05. The molecule has 2 N–H and O–H groups in total. The third-order valence-corrected chi connectivity index (χ3v) is 5.78. The predicted octanol–water partition coefficient (Wildman–Crippen LogP) is 5.08. The molecule has 2 aromatic heterocycles. The lowest BCUT2D eigenvalue weighted by Gasteiger charge is -2.08. The Labute approximate surface area is 122 Å². The van der Waals surface area contributed by atoms with E-state index >= 15 is 0 Å². The molecule has 0 aliphatic carbocycles. The van der Waals surface area contributed by atoms with E-state index in [4.69, 9.17) is 5.73 Å². The van der Waals surface area contributed by atoms with E-state index in [2.05, 4.69) is 59.3 Å². The minimum Gasteiger partial charge on any atom is -0.320 e. The number of thiophene rings is 2. The molecule has 0 aliphatic rings. The maximum absolute atomic E-state index is 6.39. The van der Waals surface area contributed by atoms with Crippen LogP contribution in [0, 0.1) is 6.92 Å². The molecule has 0 spiro atoms. The maximum Gasteiger partial charge on any atom is 0.0704 e. The first-order chi connectivity index (χ1) is 8.65. The van der Waals surface area contributed by atoms with Gasteiger partial charge in [0.25, 0.3) is 0 Å². The van der Waals surface area contributed by atoms with Gasteiger partial charge in [-0.15, -0.1) is 22.7 Å². The smallest absolute Gasteiger partial charge is 0.0704 e. The Hall–Kier alpha value is -0.680. The molecule has 4 heteroatoms. The molecule has 92 valence electrons. The minimum atomic E-state index is -0.0232. The molecule has 1 nitrogen and oxygen atoms in total. The number of aryl methyl sites for hydroxylation is 1. The van der Waals surface area contributed by atoms with Crippen LogP contribution in [-0.4, -0.2) is 0 Å². The van der Waals surface area contributed by atoms with E-state index in [1.54, 1.807) is 22.7 Å². The lowest BCUT2D eigenvalue weighted by Crippen LogP contribution is -2.10. The van der Waals surface area contributed by atoms with Gasteiger partial charge < -0.3 is 5.73 Å². The number of hydrogen-bond acceptors (Lipinski definition) is 3. The molecule has 18 heavy (non-hydrogen) atoms. The fraction of sp³-hybridized carbons (Fsp3) is 0.143. The highest BCUT2D eigenvalue weighted by molar-refractivity contribution is 9.11. The molecule has 1 atom stereocenters. The number of hydrogen-bond donors (Lipinski definition) is 1. The topological polar surface area (TPSA) is 26.0 Å². The van der Waals surface area contributed by atoms with Crippen LogP contribution in [0.25, 0.3) is 10.1 Å². The van der Waals surface area contributed by atoms with Crippen LogP contribution in [0.5, 0.6) is 0 Å². The molecule has 1 aromatic carbocycles. The largest absolute Gasteiger partial charge is 0.320 e. The van der Waals surface area contributed by atoms with Gasteiger partial charge in [0.15, 0.2) is 0 Å². The van der Waals surface area contributed by atoms with Crippen molar-refractivity contribution in [1.29, 1.82) is 0 Å². The third-order valence-electron chi connectivity index (χ3n) is 3.01. The number of rotatable bonds is 2. The van der Waals surface area contributed by atoms with Crippen molar-refractivity contribution in [3.05, 3.63) is 55.5 Å². The molecule has 0 radical (unpaired) electrons. The molecule has 0 saturated carbocycles. The van der Waals surface area contributed by atoms with Crippen molar-refractivity contribution in [2.24, 2.45) is 5.73 Å². The van der Waals surface area contributed by atoms with E-state index in [0.717, 1.165) is 3.79 Å². The van der Waals surface area contributed by atoms with Crippen LogP contribution in [0.15, 0.2) is 40.2 Å². The zero-order chi connectivity index (χ0) is 12.7. The summed E-state index contributed by atoms with van der Waals surface area (Å²) in [5, 5.41) is 1.28. The lowest BCUT2D eigenvalue weighted by molar-refractivity contribution is 0.891. The summed E-state index contributed by atoms with van der Waals surface area (Å²) in [7, 11) is 0. The summed E-state index contributed by atoms with van der Waals surface area (Å²) < 4.78 is 2.45. The standard InChI is InChI=1S/C14H12BrNS2/c1-8-10(7-13(15)17-8)14(16)12-6-9-4-2-3-5-11(9)18-12/h2-7,14H,16H2,1H3. The van der Waals surface area contributed by atoms with Crippen LogP contribution in [0.2, 0.25) is 0 Å². The first kappa shape index (κ1) is 12.4. The highest BCUT2D eigenvalue weighted by Gasteiger charge is 2.16. The SMILES string of the molecule is Cc1sc(Br)cc1C(N)c1cc2ccccc2s1. The Morgan fingerprint density at radius 3 is 2.61 bits per heavy atom. The van der Waals surface area contributed by atoms with Crippen molar-refractivity contribution in [1.82, 2.24) is 0 Å². The van der Waals surface area contributed by atoms with Gasteiger partial charge in [0.1, 0.15) is 0 Å². The Morgan fingerprint density at radius 2 is 1.94 bits per heavy atom. The van der Waals surface area contributed by atoms with Crippen molar-refractivity contribution in [2.75, 3.05) is 0 Å². The van der Waals surface area contributed by atoms with Crippen molar-refractivity contribution < 1.29 is 0 Å². The molecule has 2 heterocycles. The van der Waals surface area contributed by atoms with Crippen molar-refractivity contribution in [3.63, 3.8) is 0 Å². The summed E-state index contributed by atoms with van der Waals surface area (Å²) in [5.74, 6) is 0. The molecule has 1 unspecified atom stereocenters. The van der Waals surface area contributed by atoms with Crippen molar-refractivity contribution in [2.45, 2.75) is 13.0 Å². The molecule has 0 fully saturated rings. The van der Waals surface area contributed by atoms with Crippen LogP contribution in [-0.2, 0) is 0 Å². The highest BCUT2D eigenvalue weighted by Crippen LogP contribution is 2.36. The minimum absolute atomic E-state index is 0.0232. The van der Waals surface area contributed by atoms with Gasteiger partial charge in [0, 0.05) is 14.5 Å². The van der Waals surface area contributed by atoms with Gasteiger partial charge in [-0.2, -0.15) is 0 Å². The second-order valence-corrected chi connectivity index (χ2v) is 7.98. The molecule has 0 saturated heterocycles. The maximum atomic E-state index is 6.39. The summed E-state index contributed by atoms with van der Waals surface area (Å²) in [6.07, 6.45) is 0. The zero-order valence-electron chi connectivity index (χ0n) is 9.81. The number of nitrogens with two attached hydrogens (primary N) is 1. The monoisotopic (exact) mass is 337 g/mol. The summed E-state index contributed by atoms with van der Waals surface area (Å²) in [5.41, 5.74) is 7.61. The van der Waals surface area contributed by atoms with Gasteiger partial charge in [-0.05, 0) is 52.0 Å². The van der Waals surface area contributed by atoms with E-state index in [-0.39, 0.29) is 6.04 Å². The van der Waals surface area contributed by atoms with Crippen molar-refractivity contribution in [3.8, 4) is 0 Å². The average molecular weight is 338 g/mol. The summed E-state index contributed by atoms with van der Waals surface area (Å²) in [4.78, 5) is 2.51. The fourth-order valence-electron chi connectivity index (χ4n) is 2.08. The van der Waals surface area contributed by atoms with Gasteiger partial charge in [-0.3, -0.25) is 0 Å². The number of halogens is 1. The molecule has 3 rings (SSSR count). The Balaban J connectivity index is 2.06. The summed E-state index contributed by atoms with van der Waals surface area (Å²) in [6.45, 7) is 2.12. The Morgan fingerprint density at radius 1 is 1.17 bits per heavy atom. The fourth-order valence-corrected chi connectivity index (χ4v) is 4.92. The van der Waals surface area contributed by atoms with Gasteiger partial charge in [0.2, 0.25) is 0 Å². The van der Waals surface area contributed by atoms with Gasteiger partial charge in [0.05, 0.1) is 9.83 Å².